The Kier molecular flexibility index (Phi) is 8.55. The lowest BCUT2D eigenvalue weighted by Crippen LogP contribution is -2.09. The maximum atomic E-state index is 6.16. The first kappa shape index (κ1) is 33.2. The molecule has 0 spiro atoms. The van der Waals surface area contributed by atoms with E-state index in [9.17, 15) is 0 Å². The van der Waals surface area contributed by atoms with E-state index < -0.39 is 0 Å². The Balaban J connectivity index is 0.952. The summed E-state index contributed by atoms with van der Waals surface area (Å²) in [5.74, 6) is 0.881. The number of rotatable bonds is 8. The second-order valence-electron chi connectivity index (χ2n) is 14.2. The van der Waals surface area contributed by atoms with Gasteiger partial charge in [0.25, 0.3) is 0 Å². The standard InChI is InChI=1S/C54H37NO/c1-2-10-38(11-3-1)40-24-30-48(31-25-40)55(50-34-28-44(29-35-50)52-18-9-14-43-12-4-6-17-51(43)52)49-32-26-41(27-33-49)39-20-22-42(23-21-39)45-15-8-16-46(36-45)54-37-47-13-5-7-19-53(47)56-54/h1-37H. The van der Waals surface area contributed by atoms with Gasteiger partial charge in [-0.25, -0.2) is 0 Å². The van der Waals surface area contributed by atoms with E-state index in [2.05, 4.69) is 211 Å². The maximum absolute atomic E-state index is 6.16. The number of anilines is 3. The van der Waals surface area contributed by atoms with Crippen molar-refractivity contribution in [3.8, 4) is 55.8 Å². The molecule has 0 aliphatic carbocycles. The Morgan fingerprint density at radius 2 is 0.732 bits per heavy atom. The van der Waals surface area contributed by atoms with Crippen molar-refractivity contribution in [3.63, 3.8) is 0 Å². The van der Waals surface area contributed by atoms with Crippen LogP contribution in [0.25, 0.3) is 77.6 Å². The Morgan fingerprint density at radius 1 is 0.286 bits per heavy atom. The monoisotopic (exact) mass is 715 g/mol. The lowest BCUT2D eigenvalue weighted by Gasteiger charge is -2.26. The number of para-hydroxylation sites is 1. The van der Waals surface area contributed by atoms with Crippen molar-refractivity contribution >= 4 is 38.8 Å². The predicted molar refractivity (Wildman–Crippen MR) is 236 cm³/mol. The fourth-order valence-electron chi connectivity index (χ4n) is 7.78. The molecule has 9 aromatic carbocycles. The van der Waals surface area contributed by atoms with E-state index in [1.165, 1.54) is 49.7 Å². The van der Waals surface area contributed by atoms with Crippen LogP contribution in [0.5, 0.6) is 0 Å². The zero-order valence-electron chi connectivity index (χ0n) is 30.7. The van der Waals surface area contributed by atoms with Crippen LogP contribution in [0.4, 0.5) is 17.1 Å². The molecule has 0 fully saturated rings. The van der Waals surface area contributed by atoms with E-state index >= 15 is 0 Å². The highest BCUT2D eigenvalue weighted by Gasteiger charge is 2.15. The SMILES string of the molecule is c1ccc(-c2ccc(N(c3ccc(-c4ccc(-c5cccc(-c6cc7ccccc7o6)c5)cc4)cc3)c3ccc(-c4cccc5ccccc45)cc3)cc2)cc1. The van der Waals surface area contributed by atoms with Crippen molar-refractivity contribution in [3.05, 3.63) is 224 Å². The van der Waals surface area contributed by atoms with E-state index in [0.29, 0.717) is 0 Å². The summed E-state index contributed by atoms with van der Waals surface area (Å²) in [4.78, 5) is 2.34. The lowest BCUT2D eigenvalue weighted by molar-refractivity contribution is 0.631. The number of furan rings is 1. The van der Waals surface area contributed by atoms with Crippen LogP contribution in [-0.4, -0.2) is 0 Å². The molecule has 0 N–H and O–H groups in total. The van der Waals surface area contributed by atoms with Gasteiger partial charge in [-0.1, -0.05) is 170 Å². The third-order valence-corrected chi connectivity index (χ3v) is 10.7. The average Bonchev–Trinajstić information content (AvgIpc) is 3.72. The average molecular weight is 716 g/mol. The second-order valence-corrected chi connectivity index (χ2v) is 14.2. The van der Waals surface area contributed by atoms with E-state index in [1.54, 1.807) is 0 Å². The summed E-state index contributed by atoms with van der Waals surface area (Å²) in [5, 5.41) is 3.62. The minimum atomic E-state index is 0.881. The molecule has 2 heteroatoms. The van der Waals surface area contributed by atoms with E-state index in [1.807, 2.05) is 18.2 Å². The van der Waals surface area contributed by atoms with Gasteiger partial charge in [0.1, 0.15) is 11.3 Å². The number of benzene rings is 9. The van der Waals surface area contributed by atoms with Gasteiger partial charge in [-0.05, 0) is 110 Å². The summed E-state index contributed by atoms with van der Waals surface area (Å²) in [6.07, 6.45) is 0. The highest BCUT2D eigenvalue weighted by Crippen LogP contribution is 2.39. The first-order chi connectivity index (χ1) is 27.7. The van der Waals surface area contributed by atoms with Crippen LogP contribution >= 0.6 is 0 Å². The summed E-state index contributed by atoms with van der Waals surface area (Å²) < 4.78 is 6.16. The summed E-state index contributed by atoms with van der Waals surface area (Å²) in [7, 11) is 0. The van der Waals surface area contributed by atoms with Gasteiger partial charge in [0.15, 0.2) is 0 Å². The molecular formula is C54H37NO. The number of fused-ring (bicyclic) bond motifs is 2. The van der Waals surface area contributed by atoms with Gasteiger partial charge in [-0.15, -0.1) is 0 Å². The molecule has 0 aliphatic heterocycles. The van der Waals surface area contributed by atoms with Gasteiger partial charge >= 0.3 is 0 Å². The molecule has 56 heavy (non-hydrogen) atoms. The third-order valence-electron chi connectivity index (χ3n) is 10.7. The Morgan fingerprint density at radius 3 is 1.38 bits per heavy atom. The molecule has 0 atom stereocenters. The largest absolute Gasteiger partial charge is 0.456 e. The van der Waals surface area contributed by atoms with Gasteiger partial charge in [-0.3, -0.25) is 0 Å². The molecule has 0 aliphatic rings. The van der Waals surface area contributed by atoms with Gasteiger partial charge in [0, 0.05) is 28.0 Å². The zero-order valence-corrected chi connectivity index (χ0v) is 30.7. The van der Waals surface area contributed by atoms with Crippen LogP contribution in [0.1, 0.15) is 0 Å². The summed E-state index contributed by atoms with van der Waals surface area (Å²) in [6.45, 7) is 0. The van der Waals surface area contributed by atoms with Crippen molar-refractivity contribution < 1.29 is 4.42 Å². The molecule has 0 saturated heterocycles. The fraction of sp³-hybridized carbons (Fsp3) is 0. The Bertz CT molecular complexity index is 2890. The van der Waals surface area contributed by atoms with Gasteiger partial charge in [-0.2, -0.15) is 0 Å². The molecular weight excluding hydrogens is 679 g/mol. The van der Waals surface area contributed by atoms with Crippen LogP contribution in [0.15, 0.2) is 229 Å². The normalized spacial score (nSPS) is 11.2. The first-order valence-electron chi connectivity index (χ1n) is 19.1. The van der Waals surface area contributed by atoms with Crippen LogP contribution in [0.2, 0.25) is 0 Å². The number of nitrogens with zero attached hydrogens (tertiary/aromatic N) is 1. The molecule has 2 nitrogen and oxygen atoms in total. The number of hydrogen-bond acceptors (Lipinski definition) is 2. The lowest BCUT2D eigenvalue weighted by atomic mass is 9.97. The summed E-state index contributed by atoms with van der Waals surface area (Å²) in [6, 6.07) is 80.1. The van der Waals surface area contributed by atoms with Crippen molar-refractivity contribution in [2.75, 3.05) is 4.90 Å². The fourth-order valence-corrected chi connectivity index (χ4v) is 7.78. The third kappa shape index (κ3) is 6.44. The van der Waals surface area contributed by atoms with E-state index in [-0.39, 0.29) is 0 Å². The minimum absolute atomic E-state index is 0.881. The molecule has 0 radical (unpaired) electrons. The van der Waals surface area contributed by atoms with Gasteiger partial charge in [0.2, 0.25) is 0 Å². The maximum Gasteiger partial charge on any atom is 0.135 e. The first-order valence-corrected chi connectivity index (χ1v) is 19.1. The second kappa shape index (κ2) is 14.4. The highest BCUT2D eigenvalue weighted by molar-refractivity contribution is 5.97. The molecule has 0 saturated carbocycles. The van der Waals surface area contributed by atoms with Crippen LogP contribution in [0.3, 0.4) is 0 Å². The van der Waals surface area contributed by atoms with Gasteiger partial charge < -0.3 is 9.32 Å². The van der Waals surface area contributed by atoms with Gasteiger partial charge in [0.05, 0.1) is 0 Å². The quantitative estimate of drug-likeness (QED) is 0.156. The smallest absolute Gasteiger partial charge is 0.135 e. The van der Waals surface area contributed by atoms with Crippen LogP contribution in [-0.2, 0) is 0 Å². The van der Waals surface area contributed by atoms with Crippen molar-refractivity contribution in [2.45, 2.75) is 0 Å². The van der Waals surface area contributed by atoms with E-state index in [4.69, 9.17) is 4.42 Å². The van der Waals surface area contributed by atoms with Crippen molar-refractivity contribution in [1.82, 2.24) is 0 Å². The molecule has 0 amide bonds. The highest BCUT2D eigenvalue weighted by atomic mass is 16.3. The molecule has 10 aromatic rings. The summed E-state index contributed by atoms with van der Waals surface area (Å²) in [5.41, 5.74) is 14.8. The number of hydrogen-bond donors (Lipinski definition) is 0. The molecule has 10 rings (SSSR count). The molecule has 0 unspecified atom stereocenters. The van der Waals surface area contributed by atoms with Crippen molar-refractivity contribution in [2.24, 2.45) is 0 Å². The predicted octanol–water partition coefficient (Wildman–Crippen LogP) is 15.4. The summed E-state index contributed by atoms with van der Waals surface area (Å²) >= 11 is 0. The van der Waals surface area contributed by atoms with Crippen LogP contribution in [0, 0.1) is 0 Å². The molecule has 264 valence electrons. The molecule has 1 heterocycles. The Hall–Kier alpha value is -7.42. The topological polar surface area (TPSA) is 16.4 Å². The van der Waals surface area contributed by atoms with Crippen molar-refractivity contribution in [1.29, 1.82) is 0 Å². The molecule has 1 aromatic heterocycles. The Labute approximate surface area is 327 Å². The zero-order chi connectivity index (χ0) is 37.3. The minimum Gasteiger partial charge on any atom is -0.456 e. The van der Waals surface area contributed by atoms with Crippen LogP contribution < -0.4 is 4.90 Å². The van der Waals surface area contributed by atoms with E-state index in [0.717, 1.165) is 44.9 Å². The molecule has 0 bridgehead atoms.